The summed E-state index contributed by atoms with van der Waals surface area (Å²) in [5.74, 6) is 0.0217. The average molecular weight is 255 g/mol. The van der Waals surface area contributed by atoms with Crippen LogP contribution in [0.1, 0.15) is 54.9 Å². The van der Waals surface area contributed by atoms with E-state index in [-0.39, 0.29) is 17.6 Å². The van der Waals surface area contributed by atoms with Crippen molar-refractivity contribution in [2.75, 3.05) is 0 Å². The number of hydrogen-bond donors (Lipinski definition) is 0. The van der Waals surface area contributed by atoms with Crippen LogP contribution in [0, 0.1) is 11.8 Å². The summed E-state index contributed by atoms with van der Waals surface area (Å²) in [7, 11) is 0. The van der Waals surface area contributed by atoms with Gasteiger partial charge in [0, 0.05) is 5.92 Å². The van der Waals surface area contributed by atoms with E-state index >= 15 is 0 Å². The Labute approximate surface area is 110 Å². The van der Waals surface area contributed by atoms with Gasteiger partial charge < -0.3 is 4.74 Å². The molecule has 0 spiro atoms. The molecule has 0 radical (unpaired) electrons. The van der Waals surface area contributed by atoms with Crippen LogP contribution in [0.3, 0.4) is 0 Å². The van der Waals surface area contributed by atoms with Crippen molar-refractivity contribution in [1.82, 2.24) is 0 Å². The number of ether oxygens (including phenoxy) is 1. The Morgan fingerprint density at radius 1 is 1.11 bits per heavy atom. The molecule has 4 nitrogen and oxygen atoms in total. The molecule has 0 aliphatic rings. The molecule has 0 N–H and O–H groups in total. The van der Waals surface area contributed by atoms with E-state index in [1.807, 2.05) is 13.8 Å². The standard InChI is InChI=1S/C14H25NO3/c1-9(2)8-11(12(16)10(3)4)15-13(17)18-14(5,6)7/h9-10H,8H2,1-7H3. The molecule has 104 valence electrons. The fourth-order valence-electron chi connectivity index (χ4n) is 1.32. The lowest BCUT2D eigenvalue weighted by atomic mass is 9.97. The van der Waals surface area contributed by atoms with Crippen LogP contribution < -0.4 is 0 Å². The van der Waals surface area contributed by atoms with Gasteiger partial charge in [-0.1, -0.05) is 27.7 Å². The van der Waals surface area contributed by atoms with Crippen molar-refractivity contribution >= 4 is 17.6 Å². The lowest BCUT2D eigenvalue weighted by Crippen LogP contribution is -2.26. The number of Topliss-reactive ketones (excluding diaryl/α,β-unsaturated/α-hetero) is 1. The lowest BCUT2D eigenvalue weighted by molar-refractivity contribution is -0.115. The first-order valence-corrected chi connectivity index (χ1v) is 6.37. The highest BCUT2D eigenvalue weighted by atomic mass is 16.6. The molecule has 0 aromatic rings. The normalized spacial score (nSPS) is 13.1. The number of aliphatic imine (C=N–C) groups is 1. The van der Waals surface area contributed by atoms with Crippen molar-refractivity contribution < 1.29 is 14.3 Å². The van der Waals surface area contributed by atoms with Gasteiger partial charge in [-0.3, -0.25) is 4.79 Å². The Morgan fingerprint density at radius 2 is 1.61 bits per heavy atom. The molecule has 0 heterocycles. The minimum absolute atomic E-state index is 0.0884. The fourth-order valence-corrected chi connectivity index (χ4v) is 1.32. The molecule has 0 aromatic heterocycles. The molecule has 18 heavy (non-hydrogen) atoms. The summed E-state index contributed by atoms with van der Waals surface area (Å²) in [6.45, 7) is 12.9. The first kappa shape index (κ1) is 16.8. The summed E-state index contributed by atoms with van der Waals surface area (Å²) in [6, 6.07) is 0. The number of ketones is 1. The molecule has 0 fully saturated rings. The maximum atomic E-state index is 11.9. The predicted molar refractivity (Wildman–Crippen MR) is 73.0 cm³/mol. The molecular formula is C14H25NO3. The van der Waals surface area contributed by atoms with Crippen molar-refractivity contribution in [1.29, 1.82) is 0 Å². The molecule has 0 rings (SSSR count). The summed E-state index contributed by atoms with van der Waals surface area (Å²) < 4.78 is 5.10. The van der Waals surface area contributed by atoms with Crippen molar-refractivity contribution in [3.05, 3.63) is 0 Å². The van der Waals surface area contributed by atoms with Gasteiger partial charge in [0.1, 0.15) is 5.60 Å². The van der Waals surface area contributed by atoms with Gasteiger partial charge in [0.05, 0.1) is 5.71 Å². The van der Waals surface area contributed by atoms with E-state index in [0.717, 1.165) is 0 Å². The van der Waals surface area contributed by atoms with Gasteiger partial charge in [-0.25, -0.2) is 4.79 Å². The van der Waals surface area contributed by atoms with Gasteiger partial charge in [0.2, 0.25) is 0 Å². The van der Waals surface area contributed by atoms with E-state index in [9.17, 15) is 9.59 Å². The minimum atomic E-state index is -0.688. The third-order valence-electron chi connectivity index (χ3n) is 2.03. The van der Waals surface area contributed by atoms with Crippen LogP contribution in [0.25, 0.3) is 0 Å². The number of hydrogen-bond acceptors (Lipinski definition) is 3. The Kier molecular flexibility index (Phi) is 6.22. The zero-order chi connectivity index (χ0) is 14.5. The molecule has 0 aliphatic heterocycles. The highest BCUT2D eigenvalue weighted by Gasteiger charge is 2.21. The third-order valence-corrected chi connectivity index (χ3v) is 2.03. The highest BCUT2D eigenvalue weighted by molar-refractivity contribution is 6.41. The maximum Gasteiger partial charge on any atom is 0.434 e. The second kappa shape index (κ2) is 6.66. The van der Waals surface area contributed by atoms with Crippen LogP contribution in [-0.4, -0.2) is 23.2 Å². The van der Waals surface area contributed by atoms with Crippen LogP contribution in [0.15, 0.2) is 4.99 Å². The van der Waals surface area contributed by atoms with Crippen LogP contribution in [0.5, 0.6) is 0 Å². The number of nitrogens with zero attached hydrogens (tertiary/aromatic N) is 1. The topological polar surface area (TPSA) is 55.7 Å². The summed E-state index contributed by atoms with van der Waals surface area (Å²) in [5.41, 5.74) is -0.279. The Bertz CT molecular complexity index is 335. The zero-order valence-corrected chi connectivity index (χ0v) is 12.5. The highest BCUT2D eigenvalue weighted by Crippen LogP contribution is 2.11. The largest absolute Gasteiger partial charge is 0.442 e. The lowest BCUT2D eigenvalue weighted by Gasteiger charge is -2.18. The summed E-state index contributed by atoms with van der Waals surface area (Å²) in [5, 5.41) is 0. The fraction of sp³-hybridized carbons (Fsp3) is 0.786. The Balaban J connectivity index is 4.96. The first-order chi connectivity index (χ1) is 8.03. The van der Waals surface area contributed by atoms with Crippen LogP contribution in [-0.2, 0) is 9.53 Å². The van der Waals surface area contributed by atoms with E-state index in [0.29, 0.717) is 12.1 Å². The monoisotopic (exact) mass is 255 g/mol. The molecule has 0 bridgehead atoms. The van der Waals surface area contributed by atoms with Crippen molar-refractivity contribution in [3.63, 3.8) is 0 Å². The van der Waals surface area contributed by atoms with E-state index in [2.05, 4.69) is 4.99 Å². The molecule has 0 saturated heterocycles. The van der Waals surface area contributed by atoms with Crippen LogP contribution >= 0.6 is 0 Å². The minimum Gasteiger partial charge on any atom is -0.442 e. The van der Waals surface area contributed by atoms with Gasteiger partial charge in [-0.05, 0) is 33.1 Å². The zero-order valence-electron chi connectivity index (χ0n) is 12.5. The number of carbonyl (C=O) groups is 2. The second-order valence-electron chi connectivity index (χ2n) is 6.16. The number of amides is 1. The average Bonchev–Trinajstić information content (AvgIpc) is 2.11. The van der Waals surface area contributed by atoms with E-state index < -0.39 is 11.7 Å². The van der Waals surface area contributed by atoms with E-state index in [1.165, 1.54) is 0 Å². The van der Waals surface area contributed by atoms with Gasteiger partial charge in [-0.2, -0.15) is 4.99 Å². The van der Waals surface area contributed by atoms with Crippen molar-refractivity contribution in [3.8, 4) is 0 Å². The molecule has 0 aliphatic carbocycles. The summed E-state index contributed by atoms with van der Waals surface area (Å²) >= 11 is 0. The quantitative estimate of drug-likeness (QED) is 0.721. The molecular weight excluding hydrogens is 230 g/mol. The maximum absolute atomic E-state index is 11.9. The molecule has 4 heteroatoms. The second-order valence-corrected chi connectivity index (χ2v) is 6.16. The SMILES string of the molecule is CC(C)CC(=NC(=O)OC(C)(C)C)C(=O)C(C)C. The van der Waals surface area contributed by atoms with E-state index in [4.69, 9.17) is 4.74 Å². The number of rotatable bonds is 4. The van der Waals surface area contributed by atoms with Crippen molar-refractivity contribution in [2.45, 2.75) is 60.5 Å². The molecule has 0 unspecified atom stereocenters. The first-order valence-electron chi connectivity index (χ1n) is 6.37. The van der Waals surface area contributed by atoms with Gasteiger partial charge in [-0.15, -0.1) is 0 Å². The third kappa shape index (κ3) is 7.20. The Morgan fingerprint density at radius 3 is 1.94 bits per heavy atom. The van der Waals surface area contributed by atoms with Crippen molar-refractivity contribution in [2.24, 2.45) is 16.8 Å². The van der Waals surface area contributed by atoms with Gasteiger partial charge in [0.25, 0.3) is 0 Å². The van der Waals surface area contributed by atoms with Crippen LogP contribution in [0.2, 0.25) is 0 Å². The molecule has 0 atom stereocenters. The molecule has 0 aromatic carbocycles. The molecule has 1 amide bonds. The number of carbonyl (C=O) groups excluding carboxylic acids is 2. The van der Waals surface area contributed by atoms with Gasteiger partial charge >= 0.3 is 6.09 Å². The predicted octanol–water partition coefficient (Wildman–Crippen LogP) is 3.63. The molecule has 0 saturated carbocycles. The van der Waals surface area contributed by atoms with E-state index in [1.54, 1.807) is 34.6 Å². The van der Waals surface area contributed by atoms with Gasteiger partial charge in [0.15, 0.2) is 5.78 Å². The Hall–Kier alpha value is -1.19. The van der Waals surface area contributed by atoms with Crippen LogP contribution in [0.4, 0.5) is 4.79 Å². The summed E-state index contributed by atoms with van der Waals surface area (Å²) in [4.78, 5) is 27.4. The smallest absolute Gasteiger partial charge is 0.434 e. The summed E-state index contributed by atoms with van der Waals surface area (Å²) in [6.07, 6.45) is -0.192.